The summed E-state index contributed by atoms with van der Waals surface area (Å²) in [5, 5.41) is 63.4. The number of primary amides is 1. The molecule has 0 unspecified atom stereocenters. The Morgan fingerprint density at radius 1 is 0.581 bits per heavy atom. The summed E-state index contributed by atoms with van der Waals surface area (Å²) >= 11 is 1.41. The highest BCUT2D eigenvalue weighted by Crippen LogP contribution is 2.09. The molecule has 0 aliphatic rings. The first kappa shape index (κ1) is 54.1. The van der Waals surface area contributed by atoms with E-state index in [0.29, 0.717) is 11.3 Å². The summed E-state index contributed by atoms with van der Waals surface area (Å²) < 4.78 is 0. The fourth-order valence-corrected chi connectivity index (χ4v) is 5.91. The molecule has 0 aliphatic carbocycles. The third-order valence-electron chi connectivity index (χ3n) is 8.70. The van der Waals surface area contributed by atoms with E-state index >= 15 is 0 Å². The lowest BCUT2D eigenvalue weighted by atomic mass is 10.0. The lowest BCUT2D eigenvalue weighted by molar-refractivity contribution is -0.143. The first-order valence-electron chi connectivity index (χ1n) is 19.1. The highest BCUT2D eigenvalue weighted by molar-refractivity contribution is 7.98. The van der Waals surface area contributed by atoms with Gasteiger partial charge in [-0.15, -0.1) is 0 Å². The number of hydrogen-bond acceptors (Lipinski definition) is 15. The summed E-state index contributed by atoms with van der Waals surface area (Å²) in [4.78, 5) is 128. The number of benzene rings is 1. The van der Waals surface area contributed by atoms with Crippen LogP contribution >= 0.6 is 11.8 Å². The number of carboxylic acids is 2. The van der Waals surface area contributed by atoms with Crippen LogP contribution in [0.4, 0.5) is 0 Å². The third kappa shape index (κ3) is 19.7. The second kappa shape index (κ2) is 27.9. The van der Waals surface area contributed by atoms with Crippen molar-refractivity contribution in [1.29, 1.82) is 0 Å². The van der Waals surface area contributed by atoms with Gasteiger partial charge in [0.1, 0.15) is 42.3 Å². The molecule has 0 bridgehead atoms. The van der Waals surface area contributed by atoms with Gasteiger partial charge in [0.15, 0.2) is 0 Å². The summed E-state index contributed by atoms with van der Waals surface area (Å²) in [7, 11) is 0. The average Bonchev–Trinajstić information content (AvgIpc) is 3.21. The van der Waals surface area contributed by atoms with Crippen LogP contribution < -0.4 is 48.7 Å². The Bertz CT molecular complexity index is 1720. The zero-order chi connectivity index (χ0) is 47.1. The minimum Gasteiger partial charge on any atom is -0.481 e. The molecule has 8 amide bonds. The van der Waals surface area contributed by atoms with Gasteiger partial charge in [-0.25, -0.2) is 4.79 Å². The Kier molecular flexibility index (Phi) is 24.3. The number of nitrogens with one attached hydrogen (secondary N) is 7. The largest absolute Gasteiger partial charge is 0.481 e. The van der Waals surface area contributed by atoms with Gasteiger partial charge in [-0.3, -0.25) is 43.2 Å². The van der Waals surface area contributed by atoms with E-state index in [1.807, 2.05) is 5.32 Å². The monoisotopic (exact) mass is 899 g/mol. The molecule has 0 saturated heterocycles. The van der Waals surface area contributed by atoms with E-state index in [1.165, 1.54) is 11.8 Å². The minimum absolute atomic E-state index is 0.137. The molecule has 24 nitrogen and oxygen atoms in total. The predicted octanol–water partition coefficient (Wildman–Crippen LogP) is -5.84. The third-order valence-corrected chi connectivity index (χ3v) is 9.35. The quantitative estimate of drug-likeness (QED) is 0.0356. The van der Waals surface area contributed by atoms with Gasteiger partial charge in [-0.1, -0.05) is 44.2 Å². The minimum atomic E-state index is -1.91. The van der Waals surface area contributed by atoms with Gasteiger partial charge < -0.3 is 74.2 Å². The summed E-state index contributed by atoms with van der Waals surface area (Å²) in [6.45, 7) is 0.177. The fourth-order valence-electron chi connectivity index (χ4n) is 5.42. The van der Waals surface area contributed by atoms with E-state index in [9.17, 15) is 68.4 Å². The second-order valence-corrected chi connectivity index (χ2v) is 15.3. The highest BCUT2D eigenvalue weighted by Gasteiger charge is 2.35. The van der Waals surface area contributed by atoms with E-state index in [0.717, 1.165) is 0 Å². The Labute approximate surface area is 360 Å². The Balaban J connectivity index is 3.34. The Hall–Kier alpha value is -5.89. The van der Waals surface area contributed by atoms with Crippen LogP contribution in [0.2, 0.25) is 0 Å². The van der Waals surface area contributed by atoms with Crippen molar-refractivity contribution in [1.82, 2.24) is 37.2 Å². The number of rotatable bonds is 29. The molecule has 0 aliphatic heterocycles. The summed E-state index contributed by atoms with van der Waals surface area (Å²) in [6, 6.07) is -5.08. The number of thioether (sulfide) groups is 1. The van der Waals surface area contributed by atoms with Gasteiger partial charge >= 0.3 is 11.9 Å². The van der Waals surface area contributed by atoms with Gasteiger partial charge in [-0.05, 0) is 36.3 Å². The number of aliphatic hydroxyl groups is 3. The van der Waals surface area contributed by atoms with Crippen molar-refractivity contribution in [3.05, 3.63) is 35.9 Å². The van der Waals surface area contributed by atoms with E-state index in [-0.39, 0.29) is 25.2 Å². The molecular weight excluding hydrogens is 843 g/mol. The standard InChI is InChI=1S/C37H57N9O15S/c1-18(2)11-21(41-35(58)25(15-47)45-33(56)23(13-28(39)50)40-30(53)20(38)9-10-62-3)31(54)43-24(14-29(51)52)34(57)42-22(12-19-7-5-4-6-8-19)32(55)44-26(16-48)36(59)46-27(17-49)37(60)61/h4-8,18,20-27,47-49H,9-17,38H2,1-3H3,(H2,39,50)(H,40,53)(H,41,58)(H,42,57)(H,43,54)(H,44,55)(H,45,56)(H,46,59)(H,51,52)(H,60,61)/t20-,21-,22-,23-,24-,25-,26-,27-/m0/s1. The summed E-state index contributed by atoms with van der Waals surface area (Å²) in [5.74, 6) is -11.7. The van der Waals surface area contributed by atoms with Gasteiger partial charge in [0, 0.05) is 6.42 Å². The van der Waals surface area contributed by atoms with Crippen LogP contribution in [-0.4, -0.2) is 165 Å². The van der Waals surface area contributed by atoms with Crippen molar-refractivity contribution >= 4 is 71.0 Å². The van der Waals surface area contributed by atoms with Crippen molar-refractivity contribution in [3.63, 3.8) is 0 Å². The number of aliphatic hydroxyl groups excluding tert-OH is 3. The van der Waals surface area contributed by atoms with Crippen molar-refractivity contribution in [2.75, 3.05) is 31.8 Å². The molecule has 16 N–H and O–H groups in total. The molecule has 25 heteroatoms. The number of amides is 8. The van der Waals surface area contributed by atoms with Crippen LogP contribution in [0.3, 0.4) is 0 Å². The Morgan fingerprint density at radius 3 is 1.44 bits per heavy atom. The maximum Gasteiger partial charge on any atom is 0.328 e. The molecule has 346 valence electrons. The van der Waals surface area contributed by atoms with Crippen LogP contribution in [0.25, 0.3) is 0 Å². The van der Waals surface area contributed by atoms with E-state index < -0.39 is 140 Å². The number of carbonyl (C=O) groups excluding carboxylic acids is 8. The van der Waals surface area contributed by atoms with Crippen LogP contribution in [0.5, 0.6) is 0 Å². The molecule has 0 heterocycles. The van der Waals surface area contributed by atoms with Crippen LogP contribution in [0, 0.1) is 5.92 Å². The van der Waals surface area contributed by atoms with Crippen molar-refractivity contribution < 1.29 is 73.5 Å². The van der Waals surface area contributed by atoms with E-state index in [2.05, 4.69) is 31.9 Å². The Morgan fingerprint density at radius 2 is 0.984 bits per heavy atom. The molecule has 0 radical (unpaired) electrons. The molecule has 0 spiro atoms. The maximum atomic E-state index is 13.7. The first-order chi connectivity index (χ1) is 29.2. The number of hydrogen-bond donors (Lipinski definition) is 14. The molecule has 1 aromatic rings. The van der Waals surface area contributed by atoms with Crippen LogP contribution in [-0.2, 0) is 54.4 Å². The number of carboxylic acid groups (broad SMARTS) is 2. The molecular formula is C37H57N9O15S. The summed E-state index contributed by atoms with van der Waals surface area (Å²) in [5.41, 5.74) is 11.6. The summed E-state index contributed by atoms with van der Waals surface area (Å²) in [6.07, 6.45) is -0.165. The molecule has 1 rings (SSSR count). The SMILES string of the molecule is CSCC[C@H](N)C(=O)N[C@@H](CC(N)=O)C(=O)N[C@@H](CO)C(=O)N[C@@H](CC(C)C)C(=O)N[C@@H](CC(=O)O)C(=O)N[C@@H](Cc1ccccc1)C(=O)N[C@@H](CO)C(=O)N[C@@H](CO)C(=O)O. The first-order valence-corrected chi connectivity index (χ1v) is 20.5. The second-order valence-electron chi connectivity index (χ2n) is 14.3. The lowest BCUT2D eigenvalue weighted by Crippen LogP contribution is -2.61. The molecule has 62 heavy (non-hydrogen) atoms. The zero-order valence-electron chi connectivity index (χ0n) is 34.3. The number of aliphatic carboxylic acids is 2. The average molecular weight is 900 g/mol. The normalized spacial score (nSPS) is 14.8. The zero-order valence-corrected chi connectivity index (χ0v) is 35.1. The number of carbonyl (C=O) groups is 10. The molecule has 0 aromatic heterocycles. The number of nitrogens with two attached hydrogens (primary N) is 2. The van der Waals surface area contributed by atoms with Crippen LogP contribution in [0.1, 0.15) is 45.1 Å². The van der Waals surface area contributed by atoms with Gasteiger partial charge in [-0.2, -0.15) is 11.8 Å². The molecule has 0 fully saturated rings. The van der Waals surface area contributed by atoms with Gasteiger partial charge in [0.05, 0.1) is 38.7 Å². The fraction of sp³-hybridized carbons (Fsp3) is 0.568. The maximum absolute atomic E-state index is 13.7. The van der Waals surface area contributed by atoms with Crippen LogP contribution in [0.15, 0.2) is 30.3 Å². The molecule has 1 aromatic carbocycles. The van der Waals surface area contributed by atoms with E-state index in [4.69, 9.17) is 16.6 Å². The van der Waals surface area contributed by atoms with Crippen molar-refractivity contribution in [2.24, 2.45) is 17.4 Å². The van der Waals surface area contributed by atoms with Crippen molar-refractivity contribution in [3.8, 4) is 0 Å². The smallest absolute Gasteiger partial charge is 0.328 e. The van der Waals surface area contributed by atoms with Gasteiger partial charge in [0.2, 0.25) is 47.3 Å². The molecule has 0 saturated carbocycles. The van der Waals surface area contributed by atoms with Gasteiger partial charge in [0.25, 0.3) is 0 Å². The van der Waals surface area contributed by atoms with E-state index in [1.54, 1.807) is 50.4 Å². The predicted molar refractivity (Wildman–Crippen MR) is 219 cm³/mol. The highest BCUT2D eigenvalue weighted by atomic mass is 32.2. The lowest BCUT2D eigenvalue weighted by Gasteiger charge is -2.27. The van der Waals surface area contributed by atoms with Crippen molar-refractivity contribution in [2.45, 2.75) is 94.3 Å². The molecule has 8 atom stereocenters. The topological polar surface area (TPSA) is 408 Å².